The molecule has 19 heteroatoms. The number of ether oxygens (including phenoxy) is 4. The summed E-state index contributed by atoms with van der Waals surface area (Å²) in [5.74, 6) is -1.27. The zero-order valence-electron chi connectivity index (χ0n) is 61.1. The summed E-state index contributed by atoms with van der Waals surface area (Å²) in [6.45, 7) is 7.33. The molecule has 94 heavy (non-hydrogen) atoms. The van der Waals surface area contributed by atoms with Crippen LogP contribution in [0.1, 0.15) is 394 Å². The van der Waals surface area contributed by atoms with Gasteiger partial charge in [0.1, 0.15) is 19.3 Å². The van der Waals surface area contributed by atoms with E-state index in [-0.39, 0.29) is 25.7 Å². The van der Waals surface area contributed by atoms with Crippen molar-refractivity contribution in [1.29, 1.82) is 0 Å². The summed E-state index contributed by atoms with van der Waals surface area (Å²) in [5, 5.41) is 10.6. The third-order valence-electron chi connectivity index (χ3n) is 17.9. The zero-order chi connectivity index (χ0) is 69.1. The highest BCUT2D eigenvalue weighted by Gasteiger charge is 2.30. The second kappa shape index (κ2) is 68.2. The van der Waals surface area contributed by atoms with Gasteiger partial charge in [-0.05, 0) is 31.6 Å². The highest BCUT2D eigenvalue weighted by atomic mass is 31.2. The van der Waals surface area contributed by atoms with Gasteiger partial charge < -0.3 is 33.8 Å². The zero-order valence-corrected chi connectivity index (χ0v) is 62.9. The Morgan fingerprint density at radius 2 is 0.511 bits per heavy atom. The monoisotopic (exact) mass is 1380 g/mol. The van der Waals surface area contributed by atoms with Gasteiger partial charge >= 0.3 is 39.5 Å². The second-order valence-electron chi connectivity index (χ2n) is 27.3. The molecule has 0 fully saturated rings. The Kier molecular flexibility index (Phi) is 66.8. The number of carbonyl (C=O) groups excluding carboxylic acids is 4. The summed E-state index contributed by atoms with van der Waals surface area (Å²) >= 11 is 0. The Morgan fingerprint density at radius 1 is 0.298 bits per heavy atom. The number of aliphatic hydroxyl groups is 1. The van der Waals surface area contributed by atoms with E-state index >= 15 is 0 Å². The van der Waals surface area contributed by atoms with Gasteiger partial charge in [-0.2, -0.15) is 0 Å². The minimum atomic E-state index is -4.96. The molecule has 0 heterocycles. The van der Waals surface area contributed by atoms with Crippen LogP contribution in [-0.2, 0) is 65.4 Å². The van der Waals surface area contributed by atoms with Crippen molar-refractivity contribution in [3.63, 3.8) is 0 Å². The number of hydrogen-bond donors (Lipinski definition) is 3. The Labute approximate surface area is 575 Å². The maximum atomic E-state index is 13.1. The fourth-order valence-corrected chi connectivity index (χ4v) is 13.1. The quantitative estimate of drug-likeness (QED) is 0.0222. The minimum absolute atomic E-state index is 0.107. The molecule has 6 atom stereocenters. The van der Waals surface area contributed by atoms with Gasteiger partial charge in [-0.3, -0.25) is 37.3 Å². The van der Waals surface area contributed by atoms with Crippen molar-refractivity contribution in [2.75, 3.05) is 39.6 Å². The summed E-state index contributed by atoms with van der Waals surface area (Å²) < 4.78 is 68.4. The SMILES string of the molecule is CCCCCCCCCCCCCCCCCCC(=O)OC[C@H](COP(=O)(O)OC[C@@H](O)COP(=O)(O)OC[C@@H](COC(=O)CCCCCCCCCCCC)OC(=O)CCCCCCCCCCCC)OC(=O)CCCCCCCCCCCCCCCCC(C)CC. The lowest BCUT2D eigenvalue weighted by atomic mass is 9.99. The fraction of sp³-hybridized carbons (Fsp3) is 0.947. The van der Waals surface area contributed by atoms with Crippen molar-refractivity contribution in [2.45, 2.75) is 412 Å². The van der Waals surface area contributed by atoms with Crippen LogP contribution < -0.4 is 0 Å². The van der Waals surface area contributed by atoms with Crippen molar-refractivity contribution >= 4 is 39.5 Å². The molecule has 0 aliphatic heterocycles. The molecule has 3 N–H and O–H groups in total. The number of unbranched alkanes of at least 4 members (excludes halogenated alkanes) is 46. The van der Waals surface area contributed by atoms with Crippen LogP contribution in [0.25, 0.3) is 0 Å². The Hall–Kier alpha value is -1.94. The van der Waals surface area contributed by atoms with Crippen molar-refractivity contribution in [1.82, 2.24) is 0 Å². The van der Waals surface area contributed by atoms with Gasteiger partial charge in [0, 0.05) is 25.7 Å². The van der Waals surface area contributed by atoms with Crippen LogP contribution in [0.4, 0.5) is 0 Å². The van der Waals surface area contributed by atoms with E-state index in [9.17, 15) is 43.2 Å². The molecule has 558 valence electrons. The lowest BCUT2D eigenvalue weighted by Crippen LogP contribution is -2.30. The smallest absolute Gasteiger partial charge is 0.462 e. The van der Waals surface area contributed by atoms with Gasteiger partial charge in [0.15, 0.2) is 12.2 Å². The largest absolute Gasteiger partial charge is 0.472 e. The molecule has 0 saturated carbocycles. The van der Waals surface area contributed by atoms with E-state index in [0.717, 1.165) is 95.8 Å². The number of phosphoric acid groups is 2. The lowest BCUT2D eigenvalue weighted by molar-refractivity contribution is -0.161. The summed E-state index contributed by atoms with van der Waals surface area (Å²) in [5.41, 5.74) is 0. The molecule has 0 aromatic carbocycles. The van der Waals surface area contributed by atoms with E-state index in [1.807, 2.05) is 0 Å². The summed E-state index contributed by atoms with van der Waals surface area (Å²) in [6, 6.07) is 0. The topological polar surface area (TPSA) is 237 Å². The molecule has 0 spiro atoms. The van der Waals surface area contributed by atoms with Gasteiger partial charge in [0.25, 0.3) is 0 Å². The predicted molar refractivity (Wildman–Crippen MR) is 382 cm³/mol. The maximum Gasteiger partial charge on any atom is 0.472 e. The van der Waals surface area contributed by atoms with Gasteiger partial charge in [0.05, 0.1) is 26.4 Å². The van der Waals surface area contributed by atoms with Gasteiger partial charge in [-0.15, -0.1) is 0 Å². The van der Waals surface area contributed by atoms with E-state index in [4.69, 9.17) is 37.0 Å². The number of aliphatic hydroxyl groups excluding tert-OH is 1. The Bertz CT molecular complexity index is 1810. The van der Waals surface area contributed by atoms with Gasteiger partial charge in [-0.1, -0.05) is 343 Å². The van der Waals surface area contributed by atoms with Gasteiger partial charge in [0.2, 0.25) is 0 Å². The van der Waals surface area contributed by atoms with E-state index in [1.54, 1.807) is 0 Å². The Balaban J connectivity index is 5.22. The second-order valence-corrected chi connectivity index (χ2v) is 30.2. The molecule has 0 radical (unpaired) electrons. The lowest BCUT2D eigenvalue weighted by Gasteiger charge is -2.21. The van der Waals surface area contributed by atoms with E-state index in [0.29, 0.717) is 25.7 Å². The molecule has 0 bridgehead atoms. The summed E-state index contributed by atoms with van der Waals surface area (Å²) in [6.07, 6.45) is 56.7. The molecule has 0 aliphatic carbocycles. The maximum absolute atomic E-state index is 13.1. The van der Waals surface area contributed by atoms with Crippen molar-refractivity contribution in [2.24, 2.45) is 5.92 Å². The molecule has 0 saturated heterocycles. The van der Waals surface area contributed by atoms with Crippen LogP contribution >= 0.6 is 15.6 Å². The molecular weight excluding hydrogens is 1230 g/mol. The van der Waals surface area contributed by atoms with Crippen LogP contribution in [-0.4, -0.2) is 96.7 Å². The van der Waals surface area contributed by atoms with Crippen LogP contribution in [0.5, 0.6) is 0 Å². The number of phosphoric ester groups is 2. The molecule has 17 nitrogen and oxygen atoms in total. The molecule has 3 unspecified atom stereocenters. The summed E-state index contributed by atoms with van der Waals surface area (Å²) in [7, 11) is -9.90. The normalized spacial score (nSPS) is 14.3. The first-order chi connectivity index (χ1) is 45.6. The number of carbonyl (C=O) groups is 4. The van der Waals surface area contributed by atoms with Crippen LogP contribution in [0.3, 0.4) is 0 Å². The highest BCUT2D eigenvalue weighted by molar-refractivity contribution is 7.47. The number of hydrogen-bond acceptors (Lipinski definition) is 15. The van der Waals surface area contributed by atoms with Crippen LogP contribution in [0, 0.1) is 5.92 Å². The molecular formula is C75H146O17P2. The molecule has 0 rings (SSSR count). The average Bonchev–Trinajstić information content (AvgIpc) is 2.32. The molecule has 0 amide bonds. The third-order valence-corrected chi connectivity index (χ3v) is 19.8. The Morgan fingerprint density at radius 3 is 0.755 bits per heavy atom. The molecule has 0 aliphatic rings. The van der Waals surface area contributed by atoms with E-state index < -0.39 is 97.5 Å². The predicted octanol–water partition coefficient (Wildman–Crippen LogP) is 22.1. The number of esters is 4. The first kappa shape index (κ1) is 92.1. The highest BCUT2D eigenvalue weighted by Crippen LogP contribution is 2.45. The minimum Gasteiger partial charge on any atom is -0.462 e. The fourth-order valence-electron chi connectivity index (χ4n) is 11.5. The van der Waals surface area contributed by atoms with Crippen LogP contribution in [0.2, 0.25) is 0 Å². The van der Waals surface area contributed by atoms with Crippen molar-refractivity contribution in [3.8, 4) is 0 Å². The van der Waals surface area contributed by atoms with E-state index in [2.05, 4.69) is 34.6 Å². The third kappa shape index (κ3) is 67.3. The van der Waals surface area contributed by atoms with Gasteiger partial charge in [-0.25, -0.2) is 9.13 Å². The van der Waals surface area contributed by atoms with Crippen LogP contribution in [0.15, 0.2) is 0 Å². The molecule has 0 aromatic rings. The average molecular weight is 1380 g/mol. The summed E-state index contributed by atoms with van der Waals surface area (Å²) in [4.78, 5) is 72.7. The van der Waals surface area contributed by atoms with Crippen molar-refractivity contribution < 1.29 is 80.2 Å². The number of rotatable bonds is 75. The van der Waals surface area contributed by atoms with E-state index in [1.165, 1.54) is 218 Å². The first-order valence-corrected chi connectivity index (χ1v) is 42.2. The molecule has 0 aromatic heterocycles. The first-order valence-electron chi connectivity index (χ1n) is 39.2. The standard InChI is InChI=1S/C75H146O17P2/c1-6-10-13-16-19-22-25-26-27-28-32-35-40-44-49-54-59-73(78)86-65-71(92-75(80)61-56-51-46-41-36-33-30-29-31-34-37-42-47-52-57-68(5)9-4)67-90-94(83,84)88-63-69(76)62-87-93(81,82)89-66-70(91-74(79)60-55-50-45-39-24-21-18-15-12-8-3)64-85-72(77)58-53-48-43-38-23-20-17-14-11-7-2/h68-71,76H,6-67H2,1-5H3,(H,81,82)(H,83,84)/t68?,69-,70+,71+/m0/s1. The van der Waals surface area contributed by atoms with Crippen molar-refractivity contribution in [3.05, 3.63) is 0 Å².